The molecule has 4 nitrogen and oxygen atoms in total. The van der Waals surface area contributed by atoms with Crippen LogP contribution >= 0.6 is 31.9 Å². The molecule has 0 N–H and O–H groups in total. The Morgan fingerprint density at radius 2 is 0.868 bits per heavy atom. The van der Waals surface area contributed by atoms with Gasteiger partial charge in [-0.1, -0.05) is 109 Å². The van der Waals surface area contributed by atoms with Gasteiger partial charge in [-0.15, -0.1) is 0 Å². The summed E-state index contributed by atoms with van der Waals surface area (Å²) in [4.78, 5) is 4.77. The number of anilines is 4. The number of rotatable bonds is 4. The summed E-state index contributed by atoms with van der Waals surface area (Å²) in [5.74, 6) is 0. The predicted octanol–water partition coefficient (Wildman–Crippen LogP) is 14.7. The lowest BCUT2D eigenvalue weighted by Crippen LogP contribution is -2.36. The van der Waals surface area contributed by atoms with Gasteiger partial charge in [0, 0.05) is 35.9 Å². The lowest BCUT2D eigenvalue weighted by molar-refractivity contribution is 0.665. The maximum atomic E-state index is 6.88. The highest BCUT2D eigenvalue weighted by molar-refractivity contribution is 9.11. The second-order valence-corrected chi connectivity index (χ2v) is 15.2. The summed E-state index contributed by atoms with van der Waals surface area (Å²) in [6, 6.07) is 55.5. The molecule has 11 rings (SSSR count). The van der Waals surface area contributed by atoms with Crippen molar-refractivity contribution in [2.24, 2.45) is 0 Å². The van der Waals surface area contributed by atoms with Gasteiger partial charge in [0.15, 0.2) is 11.2 Å². The molecule has 8 aromatic carbocycles. The molecule has 3 heterocycles. The highest BCUT2D eigenvalue weighted by Gasteiger charge is 2.33. The number of hydrogen-bond acceptors (Lipinski definition) is 4. The maximum absolute atomic E-state index is 6.88. The Balaban J connectivity index is 1.17. The average Bonchev–Trinajstić information content (AvgIpc) is 3.78. The Morgan fingerprint density at radius 1 is 0.415 bits per heavy atom. The summed E-state index contributed by atoms with van der Waals surface area (Å²) in [7, 11) is 0. The molecule has 0 atom stereocenters. The van der Waals surface area contributed by atoms with Gasteiger partial charge in [-0.3, -0.25) is 0 Å². The molecule has 6 heteroatoms. The Kier molecular flexibility index (Phi) is 6.88. The van der Waals surface area contributed by atoms with Crippen molar-refractivity contribution < 1.29 is 8.83 Å². The first-order chi connectivity index (χ1) is 26.1. The molecular weight excluding hydrogens is 784 g/mol. The van der Waals surface area contributed by atoms with Crippen LogP contribution in [0, 0.1) is 0 Å². The van der Waals surface area contributed by atoms with Crippen molar-refractivity contribution in [3.8, 4) is 22.3 Å². The molecule has 53 heavy (non-hydrogen) atoms. The van der Waals surface area contributed by atoms with Crippen LogP contribution in [0.25, 0.3) is 76.9 Å². The number of nitrogens with zero attached hydrogens (tertiary/aromatic N) is 2. The number of benzene rings is 8. The predicted molar refractivity (Wildman–Crippen MR) is 227 cm³/mol. The van der Waals surface area contributed by atoms with E-state index < -0.39 is 0 Å². The molecule has 1 aliphatic rings. The van der Waals surface area contributed by atoms with Crippen LogP contribution in [0.3, 0.4) is 0 Å². The fourth-order valence-corrected chi connectivity index (χ4v) is 9.40. The van der Waals surface area contributed by atoms with Crippen LogP contribution in [0.4, 0.5) is 22.7 Å². The third-order valence-electron chi connectivity index (χ3n) is 10.6. The molecule has 252 valence electrons. The monoisotopic (exact) mass is 810 g/mol. The minimum Gasteiger partial charge on any atom is -0.454 e. The smallest absolute Gasteiger partial charge is 0.160 e. The van der Waals surface area contributed by atoms with Gasteiger partial charge in [-0.05, 0) is 108 Å². The molecule has 0 aliphatic carbocycles. The van der Waals surface area contributed by atoms with Crippen LogP contribution in [0.5, 0.6) is 0 Å². The summed E-state index contributed by atoms with van der Waals surface area (Å²) < 4.78 is 15.7. The van der Waals surface area contributed by atoms with Crippen molar-refractivity contribution >= 4 is 109 Å². The van der Waals surface area contributed by atoms with Crippen LogP contribution < -0.4 is 9.80 Å². The van der Waals surface area contributed by atoms with E-state index in [1.54, 1.807) is 0 Å². The normalized spacial score (nSPS) is 12.9. The van der Waals surface area contributed by atoms with Gasteiger partial charge < -0.3 is 18.6 Å². The highest BCUT2D eigenvalue weighted by Crippen LogP contribution is 2.53. The van der Waals surface area contributed by atoms with E-state index in [0.29, 0.717) is 6.67 Å². The molecule has 2 aromatic heterocycles. The van der Waals surface area contributed by atoms with Gasteiger partial charge in [-0.25, -0.2) is 0 Å². The molecule has 0 saturated carbocycles. The topological polar surface area (TPSA) is 32.8 Å². The first-order valence-corrected chi connectivity index (χ1v) is 19.2. The van der Waals surface area contributed by atoms with Gasteiger partial charge >= 0.3 is 0 Å². The Bertz CT molecular complexity index is 2870. The van der Waals surface area contributed by atoms with Crippen molar-refractivity contribution in [3.63, 3.8) is 0 Å². The van der Waals surface area contributed by atoms with Gasteiger partial charge in [0.05, 0.1) is 11.4 Å². The number of fused-ring (bicyclic) bond motifs is 6. The summed E-state index contributed by atoms with van der Waals surface area (Å²) in [5.41, 5.74) is 12.2. The minimum atomic E-state index is 0.511. The van der Waals surface area contributed by atoms with Crippen LogP contribution in [0.15, 0.2) is 176 Å². The van der Waals surface area contributed by atoms with Gasteiger partial charge in [0.1, 0.15) is 29.2 Å². The Hall–Kier alpha value is -5.82. The number of hydrogen-bond donors (Lipinski definition) is 0. The molecule has 0 fully saturated rings. The Labute approximate surface area is 321 Å². The third-order valence-corrected chi connectivity index (χ3v) is 11.9. The second-order valence-electron chi connectivity index (χ2n) is 13.5. The summed E-state index contributed by atoms with van der Waals surface area (Å²) >= 11 is 7.99. The van der Waals surface area contributed by atoms with E-state index in [0.717, 1.165) is 109 Å². The number of halogens is 2. The largest absolute Gasteiger partial charge is 0.454 e. The van der Waals surface area contributed by atoms with Crippen molar-refractivity contribution in [1.29, 1.82) is 0 Å². The zero-order valence-electron chi connectivity index (χ0n) is 28.2. The highest BCUT2D eigenvalue weighted by atomic mass is 79.9. The van der Waals surface area contributed by atoms with Crippen molar-refractivity contribution in [3.05, 3.63) is 167 Å². The molecule has 0 unspecified atom stereocenters. The van der Waals surface area contributed by atoms with E-state index in [9.17, 15) is 0 Å². The lowest BCUT2D eigenvalue weighted by atomic mass is 9.98. The molecule has 0 saturated heterocycles. The van der Waals surface area contributed by atoms with E-state index in [1.807, 2.05) is 0 Å². The first kappa shape index (κ1) is 30.8. The molecule has 0 spiro atoms. The number of furan rings is 2. The van der Waals surface area contributed by atoms with Gasteiger partial charge in [0.25, 0.3) is 0 Å². The molecule has 10 aromatic rings. The van der Waals surface area contributed by atoms with Crippen LogP contribution in [0.1, 0.15) is 0 Å². The van der Waals surface area contributed by atoms with E-state index in [2.05, 4.69) is 199 Å². The molecule has 0 bridgehead atoms. The van der Waals surface area contributed by atoms with Crippen molar-refractivity contribution in [1.82, 2.24) is 0 Å². The minimum absolute atomic E-state index is 0.511. The third kappa shape index (κ3) is 4.59. The van der Waals surface area contributed by atoms with E-state index in [-0.39, 0.29) is 0 Å². The van der Waals surface area contributed by atoms with Crippen LogP contribution in [0.2, 0.25) is 0 Å². The molecule has 1 aliphatic heterocycles. The zero-order valence-corrected chi connectivity index (χ0v) is 31.4. The maximum Gasteiger partial charge on any atom is 0.160 e. The fraction of sp³-hybridized carbons (Fsp3) is 0.0213. The van der Waals surface area contributed by atoms with E-state index in [1.165, 1.54) is 0 Å². The molecule has 0 radical (unpaired) electrons. The zero-order chi connectivity index (χ0) is 35.2. The Morgan fingerprint density at radius 3 is 1.34 bits per heavy atom. The van der Waals surface area contributed by atoms with E-state index in [4.69, 9.17) is 8.83 Å². The van der Waals surface area contributed by atoms with Crippen molar-refractivity contribution in [2.45, 2.75) is 0 Å². The first-order valence-electron chi connectivity index (χ1n) is 17.6. The molecular formula is C47H28Br2N2O2. The van der Waals surface area contributed by atoms with Gasteiger partial charge in [0.2, 0.25) is 0 Å². The quantitative estimate of drug-likeness (QED) is 0.177. The lowest BCUT2D eigenvalue weighted by Gasteiger charge is -2.40. The van der Waals surface area contributed by atoms with E-state index >= 15 is 0 Å². The van der Waals surface area contributed by atoms with Crippen molar-refractivity contribution in [2.75, 3.05) is 16.5 Å². The van der Waals surface area contributed by atoms with Crippen LogP contribution in [-0.2, 0) is 0 Å². The average molecular weight is 813 g/mol. The molecule has 0 amide bonds. The summed E-state index contributed by atoms with van der Waals surface area (Å²) in [6.45, 7) is 0.511. The fourth-order valence-electron chi connectivity index (χ4n) is 8.35. The standard InChI is InChI=1S/C47H28Br2N2O2/c48-35-25-23-33-42-31(28-11-3-1-4-12-28)17-9-21-39(42)52-46(33)44(35)50-27-51(38-20-8-16-30-15-7-19-37(50)41(30)38)45-36(49)26-24-34-43-32(29-13-5-2-6-14-29)18-10-22-40(43)53-47(34)45/h1-26H,27H2. The van der Waals surface area contributed by atoms with Crippen LogP contribution in [-0.4, -0.2) is 6.67 Å². The summed E-state index contributed by atoms with van der Waals surface area (Å²) in [6.07, 6.45) is 0. The van der Waals surface area contributed by atoms with Gasteiger partial charge in [-0.2, -0.15) is 0 Å². The second kappa shape index (κ2) is 11.9. The summed E-state index contributed by atoms with van der Waals surface area (Å²) in [5, 5.41) is 6.69. The SMILES string of the molecule is Brc1ccc2c(oc3cccc(-c4ccccc4)c32)c1N1CN(c2c(Br)ccc3c2oc2cccc(-c4ccccc4)c23)c2cccc3cccc1c23.